The molecule has 14 heavy (non-hydrogen) atoms. The summed E-state index contributed by atoms with van der Waals surface area (Å²) in [6, 6.07) is 20.1. The standard InChI is InChI=1S/C12H10NS/c1-3-7-11(8-4-1)13-14-12-9-5-2-6-10-12/h1-10H. The molecule has 0 aliphatic rings. The first-order valence-corrected chi connectivity index (χ1v) is 5.21. The molecule has 0 spiro atoms. The van der Waals surface area contributed by atoms with Gasteiger partial charge in [0, 0.05) is 16.8 Å². The minimum absolute atomic E-state index is 1.00. The third-order valence-electron chi connectivity index (χ3n) is 1.76. The molecule has 0 aliphatic carbocycles. The van der Waals surface area contributed by atoms with Crippen molar-refractivity contribution >= 4 is 17.6 Å². The molecule has 0 saturated heterocycles. The summed E-state index contributed by atoms with van der Waals surface area (Å²) in [6.45, 7) is 0. The molecule has 0 unspecified atom stereocenters. The van der Waals surface area contributed by atoms with Crippen molar-refractivity contribution in [3.8, 4) is 0 Å². The fourth-order valence-corrected chi connectivity index (χ4v) is 1.69. The smallest absolute Gasteiger partial charge is 0.0717 e. The van der Waals surface area contributed by atoms with Gasteiger partial charge in [0.25, 0.3) is 0 Å². The molecule has 1 nitrogen and oxygen atoms in total. The van der Waals surface area contributed by atoms with Crippen molar-refractivity contribution in [3.05, 3.63) is 60.7 Å². The summed E-state index contributed by atoms with van der Waals surface area (Å²) < 4.78 is 4.39. The lowest BCUT2D eigenvalue weighted by Crippen LogP contribution is -1.83. The van der Waals surface area contributed by atoms with Gasteiger partial charge < -0.3 is 0 Å². The molecule has 69 valence electrons. The van der Waals surface area contributed by atoms with E-state index in [1.54, 1.807) is 0 Å². The largest absolute Gasteiger partial charge is 0.212 e. The van der Waals surface area contributed by atoms with Crippen LogP contribution in [0.1, 0.15) is 0 Å². The Morgan fingerprint density at radius 2 is 1.29 bits per heavy atom. The van der Waals surface area contributed by atoms with Crippen LogP contribution in [-0.4, -0.2) is 0 Å². The van der Waals surface area contributed by atoms with E-state index in [1.165, 1.54) is 11.9 Å². The zero-order chi connectivity index (χ0) is 9.64. The van der Waals surface area contributed by atoms with Crippen LogP contribution in [0.15, 0.2) is 65.6 Å². The predicted molar refractivity (Wildman–Crippen MR) is 60.5 cm³/mol. The van der Waals surface area contributed by atoms with Crippen molar-refractivity contribution in [1.29, 1.82) is 0 Å². The highest BCUT2D eigenvalue weighted by Crippen LogP contribution is 2.20. The van der Waals surface area contributed by atoms with Crippen molar-refractivity contribution in [2.45, 2.75) is 4.90 Å². The molecule has 2 aromatic carbocycles. The third kappa shape index (κ3) is 2.54. The lowest BCUT2D eigenvalue weighted by Gasteiger charge is -2.00. The first-order valence-electron chi connectivity index (χ1n) is 4.43. The first kappa shape index (κ1) is 9.16. The normalized spacial score (nSPS) is 9.71. The fourth-order valence-electron chi connectivity index (χ4n) is 1.08. The predicted octanol–water partition coefficient (Wildman–Crippen LogP) is 3.63. The van der Waals surface area contributed by atoms with Crippen molar-refractivity contribution in [2.75, 3.05) is 0 Å². The minimum atomic E-state index is 1.00. The molecule has 0 bridgehead atoms. The number of nitrogens with zero attached hydrogens (tertiary/aromatic N) is 1. The van der Waals surface area contributed by atoms with Crippen LogP contribution in [0.25, 0.3) is 0 Å². The van der Waals surface area contributed by atoms with E-state index in [1.807, 2.05) is 48.5 Å². The molecule has 0 heterocycles. The Morgan fingerprint density at radius 3 is 1.93 bits per heavy atom. The highest BCUT2D eigenvalue weighted by Gasteiger charge is 1.94. The summed E-state index contributed by atoms with van der Waals surface area (Å²) in [7, 11) is 0. The van der Waals surface area contributed by atoms with E-state index >= 15 is 0 Å². The molecule has 0 fully saturated rings. The summed E-state index contributed by atoms with van der Waals surface area (Å²) in [5, 5.41) is 0. The molecule has 2 heteroatoms. The first-order chi connectivity index (χ1) is 6.95. The average Bonchev–Trinajstić information content (AvgIpc) is 2.29. The second kappa shape index (κ2) is 4.72. The van der Waals surface area contributed by atoms with Gasteiger partial charge in [-0.2, -0.15) is 0 Å². The molecule has 0 N–H and O–H groups in total. The van der Waals surface area contributed by atoms with Crippen molar-refractivity contribution in [1.82, 2.24) is 4.72 Å². The molecule has 0 aliphatic heterocycles. The monoisotopic (exact) mass is 200 g/mol. The van der Waals surface area contributed by atoms with Crippen molar-refractivity contribution < 1.29 is 0 Å². The Labute approximate surface area is 88.3 Å². The zero-order valence-electron chi connectivity index (χ0n) is 7.63. The fraction of sp³-hybridized carbons (Fsp3) is 0. The highest BCUT2D eigenvalue weighted by atomic mass is 32.2. The van der Waals surface area contributed by atoms with Crippen LogP contribution < -0.4 is 4.72 Å². The summed E-state index contributed by atoms with van der Waals surface area (Å²) in [5.74, 6) is 0. The van der Waals surface area contributed by atoms with Crippen LogP contribution in [0.2, 0.25) is 0 Å². The molecule has 0 amide bonds. The van der Waals surface area contributed by atoms with E-state index in [-0.39, 0.29) is 0 Å². The molecular weight excluding hydrogens is 190 g/mol. The topological polar surface area (TPSA) is 14.1 Å². The Morgan fingerprint density at radius 1 is 0.714 bits per heavy atom. The van der Waals surface area contributed by atoms with Gasteiger partial charge in [0.2, 0.25) is 0 Å². The maximum atomic E-state index is 4.39. The lowest BCUT2D eigenvalue weighted by molar-refractivity contribution is 1.34. The van der Waals surface area contributed by atoms with Gasteiger partial charge in [0.15, 0.2) is 0 Å². The lowest BCUT2D eigenvalue weighted by atomic mass is 10.3. The molecular formula is C12H10NS. The van der Waals surface area contributed by atoms with Crippen LogP contribution in [-0.2, 0) is 0 Å². The minimum Gasteiger partial charge on any atom is -0.212 e. The number of hydrogen-bond acceptors (Lipinski definition) is 1. The van der Waals surface area contributed by atoms with Crippen LogP contribution >= 0.6 is 11.9 Å². The van der Waals surface area contributed by atoms with E-state index in [2.05, 4.69) is 16.9 Å². The van der Waals surface area contributed by atoms with E-state index in [0.717, 1.165) is 10.6 Å². The summed E-state index contributed by atoms with van der Waals surface area (Å²) in [6.07, 6.45) is 0. The summed E-state index contributed by atoms with van der Waals surface area (Å²) >= 11 is 1.50. The SMILES string of the molecule is c1ccc([N]Sc2ccccc2)cc1. The molecule has 0 saturated carbocycles. The zero-order valence-corrected chi connectivity index (χ0v) is 8.45. The van der Waals surface area contributed by atoms with Gasteiger partial charge in [-0.25, -0.2) is 4.72 Å². The maximum Gasteiger partial charge on any atom is 0.0717 e. The third-order valence-corrected chi connectivity index (χ3v) is 2.54. The molecule has 2 rings (SSSR count). The van der Waals surface area contributed by atoms with Gasteiger partial charge in [-0.3, -0.25) is 0 Å². The van der Waals surface area contributed by atoms with Crippen LogP contribution in [0.3, 0.4) is 0 Å². The van der Waals surface area contributed by atoms with E-state index in [9.17, 15) is 0 Å². The second-order valence-corrected chi connectivity index (χ2v) is 3.67. The number of hydrogen-bond donors (Lipinski definition) is 0. The van der Waals surface area contributed by atoms with Crippen LogP contribution in [0.4, 0.5) is 5.69 Å². The van der Waals surface area contributed by atoms with Crippen molar-refractivity contribution in [3.63, 3.8) is 0 Å². The molecule has 0 aromatic heterocycles. The van der Waals surface area contributed by atoms with Gasteiger partial charge in [-0.15, -0.1) is 0 Å². The van der Waals surface area contributed by atoms with E-state index in [0.29, 0.717) is 0 Å². The van der Waals surface area contributed by atoms with Gasteiger partial charge in [-0.1, -0.05) is 36.4 Å². The van der Waals surface area contributed by atoms with Gasteiger partial charge in [0.05, 0.1) is 5.69 Å². The Bertz CT molecular complexity index is 333. The molecule has 1 radical (unpaired) electrons. The quantitative estimate of drug-likeness (QED) is 0.690. The van der Waals surface area contributed by atoms with Crippen LogP contribution in [0.5, 0.6) is 0 Å². The summed E-state index contributed by atoms with van der Waals surface area (Å²) in [5.41, 5.74) is 1.00. The average molecular weight is 200 g/mol. The molecule has 0 atom stereocenters. The van der Waals surface area contributed by atoms with Gasteiger partial charge in [-0.05, 0) is 24.3 Å². The number of rotatable bonds is 3. The highest BCUT2D eigenvalue weighted by molar-refractivity contribution is 7.97. The Kier molecular flexibility index (Phi) is 3.09. The summed E-state index contributed by atoms with van der Waals surface area (Å²) in [4.78, 5) is 1.16. The second-order valence-electron chi connectivity index (χ2n) is 2.83. The van der Waals surface area contributed by atoms with E-state index < -0.39 is 0 Å². The van der Waals surface area contributed by atoms with E-state index in [4.69, 9.17) is 0 Å². The maximum absolute atomic E-state index is 4.39. The Hall–Kier alpha value is -1.41. The Balaban J connectivity index is 1.96. The van der Waals surface area contributed by atoms with Gasteiger partial charge in [0.1, 0.15) is 0 Å². The molecule has 2 aromatic rings. The van der Waals surface area contributed by atoms with Crippen LogP contribution in [0, 0.1) is 0 Å². The number of benzene rings is 2. The van der Waals surface area contributed by atoms with Crippen molar-refractivity contribution in [2.24, 2.45) is 0 Å². The van der Waals surface area contributed by atoms with Gasteiger partial charge >= 0.3 is 0 Å².